The molecule has 0 amide bonds. The van der Waals surface area contributed by atoms with Crippen molar-refractivity contribution in [1.82, 2.24) is 14.7 Å². The second-order valence-corrected chi connectivity index (χ2v) is 6.28. The number of aromatic nitrogens is 2. The van der Waals surface area contributed by atoms with Crippen molar-refractivity contribution in [2.45, 2.75) is 31.8 Å². The topological polar surface area (TPSA) is 49.6 Å². The molecule has 3 rings (SSSR count). The minimum Gasteiger partial charge on any atom is -0.389 e. The van der Waals surface area contributed by atoms with E-state index in [4.69, 9.17) is 0 Å². The maximum atomic E-state index is 10.7. The van der Waals surface area contributed by atoms with E-state index in [-0.39, 0.29) is 0 Å². The van der Waals surface area contributed by atoms with Gasteiger partial charge in [-0.15, -0.1) is 11.3 Å². The molecule has 4 nitrogen and oxygen atoms in total. The Bertz CT molecular complexity index is 497. The fourth-order valence-corrected chi connectivity index (χ4v) is 3.47. The summed E-state index contributed by atoms with van der Waals surface area (Å²) in [6.07, 6.45) is 6.92. The summed E-state index contributed by atoms with van der Waals surface area (Å²) < 4.78 is 2.02. The zero-order valence-corrected chi connectivity index (χ0v) is 11.4. The van der Waals surface area contributed by atoms with Gasteiger partial charge in [0.15, 0.2) is 4.96 Å². The third-order valence-corrected chi connectivity index (χ3v) is 4.63. The SMILES string of the molecule is CC(O)(Cc1cn2ccsc2n1)C1CCCNC1. The van der Waals surface area contributed by atoms with Gasteiger partial charge in [0.05, 0.1) is 11.3 Å². The van der Waals surface area contributed by atoms with Crippen LogP contribution in [0.3, 0.4) is 0 Å². The largest absolute Gasteiger partial charge is 0.389 e. The molecule has 1 fully saturated rings. The maximum Gasteiger partial charge on any atom is 0.193 e. The third kappa shape index (κ3) is 2.30. The molecule has 98 valence electrons. The molecule has 0 aromatic carbocycles. The number of piperidine rings is 1. The van der Waals surface area contributed by atoms with Crippen LogP contribution in [0, 0.1) is 5.92 Å². The second-order valence-electron chi connectivity index (χ2n) is 5.40. The van der Waals surface area contributed by atoms with Gasteiger partial charge < -0.3 is 10.4 Å². The lowest BCUT2D eigenvalue weighted by Gasteiger charge is -2.35. The first kappa shape index (κ1) is 12.1. The lowest BCUT2D eigenvalue weighted by molar-refractivity contribution is -0.0109. The smallest absolute Gasteiger partial charge is 0.193 e. The van der Waals surface area contributed by atoms with Crippen molar-refractivity contribution in [3.05, 3.63) is 23.5 Å². The molecule has 0 bridgehead atoms. The highest BCUT2D eigenvalue weighted by atomic mass is 32.1. The summed E-state index contributed by atoms with van der Waals surface area (Å²) in [5, 5.41) is 16.1. The summed E-state index contributed by atoms with van der Waals surface area (Å²) in [6, 6.07) is 0. The van der Waals surface area contributed by atoms with Crippen molar-refractivity contribution in [2.24, 2.45) is 5.92 Å². The van der Waals surface area contributed by atoms with Gasteiger partial charge in [-0.2, -0.15) is 0 Å². The fraction of sp³-hybridized carbons (Fsp3) is 0.615. The van der Waals surface area contributed by atoms with Crippen LogP contribution in [0.4, 0.5) is 0 Å². The van der Waals surface area contributed by atoms with Crippen LogP contribution < -0.4 is 5.32 Å². The summed E-state index contributed by atoms with van der Waals surface area (Å²) in [4.78, 5) is 5.56. The lowest BCUT2D eigenvalue weighted by Crippen LogP contribution is -2.45. The molecule has 2 aromatic heterocycles. The van der Waals surface area contributed by atoms with Crippen LogP contribution in [-0.4, -0.2) is 33.2 Å². The number of hydrogen-bond acceptors (Lipinski definition) is 4. The van der Waals surface area contributed by atoms with Crippen LogP contribution in [0.1, 0.15) is 25.5 Å². The number of nitrogens with one attached hydrogen (secondary N) is 1. The van der Waals surface area contributed by atoms with Crippen LogP contribution in [0.2, 0.25) is 0 Å². The number of hydrogen-bond donors (Lipinski definition) is 2. The molecule has 1 aliphatic rings. The van der Waals surface area contributed by atoms with Gasteiger partial charge in [-0.3, -0.25) is 4.40 Å². The van der Waals surface area contributed by atoms with Gasteiger partial charge in [-0.1, -0.05) is 0 Å². The number of imidazole rings is 1. The van der Waals surface area contributed by atoms with Gasteiger partial charge >= 0.3 is 0 Å². The van der Waals surface area contributed by atoms with Gasteiger partial charge in [0, 0.05) is 36.7 Å². The summed E-state index contributed by atoms with van der Waals surface area (Å²) in [5.41, 5.74) is 0.315. The highest BCUT2D eigenvalue weighted by molar-refractivity contribution is 7.15. The zero-order chi connectivity index (χ0) is 12.6. The van der Waals surface area contributed by atoms with Crippen molar-refractivity contribution in [3.8, 4) is 0 Å². The van der Waals surface area contributed by atoms with Crippen molar-refractivity contribution >= 4 is 16.3 Å². The molecule has 18 heavy (non-hydrogen) atoms. The normalized spacial score (nSPS) is 24.2. The standard InChI is InChI=1S/C13H19N3OS/c1-13(17,10-3-2-4-14-8-10)7-11-9-16-5-6-18-12(16)15-11/h5-6,9-10,14,17H,2-4,7-8H2,1H3. The summed E-state index contributed by atoms with van der Waals surface area (Å²) in [5.74, 6) is 0.325. The Balaban J connectivity index is 1.75. The van der Waals surface area contributed by atoms with Gasteiger partial charge in [0.25, 0.3) is 0 Å². The lowest BCUT2D eigenvalue weighted by atomic mass is 9.81. The Labute approximate surface area is 111 Å². The molecule has 0 saturated carbocycles. The number of aliphatic hydroxyl groups is 1. The van der Waals surface area contributed by atoms with Crippen molar-refractivity contribution in [3.63, 3.8) is 0 Å². The molecule has 1 saturated heterocycles. The van der Waals surface area contributed by atoms with Crippen molar-refractivity contribution < 1.29 is 5.11 Å². The number of fused-ring (bicyclic) bond motifs is 1. The second kappa shape index (κ2) is 4.64. The average molecular weight is 265 g/mol. The van der Waals surface area contributed by atoms with E-state index in [2.05, 4.69) is 10.3 Å². The molecule has 0 aliphatic carbocycles. The predicted octanol–water partition coefficient (Wildman–Crippen LogP) is 1.69. The summed E-state index contributed by atoms with van der Waals surface area (Å²) in [7, 11) is 0. The molecule has 5 heteroatoms. The van der Waals surface area contributed by atoms with Crippen LogP contribution in [0.5, 0.6) is 0 Å². The molecular weight excluding hydrogens is 246 g/mol. The van der Waals surface area contributed by atoms with Crippen LogP contribution in [-0.2, 0) is 6.42 Å². The van der Waals surface area contributed by atoms with E-state index in [0.29, 0.717) is 12.3 Å². The van der Waals surface area contributed by atoms with Crippen LogP contribution >= 0.6 is 11.3 Å². The fourth-order valence-electron chi connectivity index (χ4n) is 2.75. The molecule has 2 unspecified atom stereocenters. The monoisotopic (exact) mass is 265 g/mol. The molecule has 0 spiro atoms. The molecule has 2 atom stereocenters. The molecular formula is C13H19N3OS. The van der Waals surface area contributed by atoms with Crippen LogP contribution in [0.25, 0.3) is 4.96 Å². The van der Waals surface area contributed by atoms with Crippen LogP contribution in [0.15, 0.2) is 17.8 Å². The van der Waals surface area contributed by atoms with E-state index in [1.54, 1.807) is 11.3 Å². The van der Waals surface area contributed by atoms with Gasteiger partial charge in [-0.25, -0.2) is 4.98 Å². The first-order chi connectivity index (χ1) is 8.65. The highest BCUT2D eigenvalue weighted by Crippen LogP contribution is 2.27. The van der Waals surface area contributed by atoms with E-state index in [1.165, 1.54) is 0 Å². The first-order valence-corrected chi connectivity index (χ1v) is 7.37. The Morgan fingerprint density at radius 1 is 1.67 bits per heavy atom. The minimum absolute atomic E-state index is 0.325. The molecule has 2 aromatic rings. The van der Waals surface area contributed by atoms with E-state index in [1.807, 2.05) is 29.1 Å². The van der Waals surface area contributed by atoms with Gasteiger partial charge in [-0.05, 0) is 26.3 Å². The van der Waals surface area contributed by atoms with E-state index < -0.39 is 5.60 Å². The average Bonchev–Trinajstić information content (AvgIpc) is 2.90. The molecule has 3 heterocycles. The summed E-state index contributed by atoms with van der Waals surface area (Å²) >= 11 is 1.63. The zero-order valence-electron chi connectivity index (χ0n) is 10.6. The minimum atomic E-state index is -0.669. The highest BCUT2D eigenvalue weighted by Gasteiger charge is 2.33. The summed E-state index contributed by atoms with van der Waals surface area (Å²) in [6.45, 7) is 3.93. The molecule has 0 radical (unpaired) electrons. The number of rotatable bonds is 3. The Morgan fingerprint density at radius 2 is 2.56 bits per heavy atom. The third-order valence-electron chi connectivity index (χ3n) is 3.86. The number of nitrogens with zero attached hydrogens (tertiary/aromatic N) is 2. The molecule has 1 aliphatic heterocycles. The number of thiazole rings is 1. The molecule has 2 N–H and O–H groups in total. The van der Waals surface area contributed by atoms with Crippen molar-refractivity contribution in [1.29, 1.82) is 0 Å². The van der Waals surface area contributed by atoms with Gasteiger partial charge in [0.1, 0.15) is 0 Å². The van der Waals surface area contributed by atoms with E-state index in [0.717, 1.165) is 36.6 Å². The first-order valence-electron chi connectivity index (χ1n) is 6.49. The Kier molecular flexibility index (Phi) is 3.13. The predicted molar refractivity (Wildman–Crippen MR) is 73.0 cm³/mol. The Morgan fingerprint density at radius 3 is 3.28 bits per heavy atom. The quantitative estimate of drug-likeness (QED) is 0.888. The van der Waals surface area contributed by atoms with E-state index in [9.17, 15) is 5.11 Å². The van der Waals surface area contributed by atoms with Gasteiger partial charge in [0.2, 0.25) is 0 Å². The van der Waals surface area contributed by atoms with Crippen molar-refractivity contribution in [2.75, 3.05) is 13.1 Å². The maximum absolute atomic E-state index is 10.7. The Hall–Kier alpha value is -0.910. The van der Waals surface area contributed by atoms with E-state index >= 15 is 0 Å².